The number of piperidine rings is 2. The van der Waals surface area contributed by atoms with Gasteiger partial charge in [0.05, 0.1) is 24.1 Å². The Hall–Kier alpha value is -0.910. The predicted molar refractivity (Wildman–Crippen MR) is 97.0 cm³/mol. The van der Waals surface area contributed by atoms with Gasteiger partial charge in [0.2, 0.25) is 0 Å². The van der Waals surface area contributed by atoms with E-state index in [1.54, 1.807) is 7.11 Å². The van der Waals surface area contributed by atoms with Crippen molar-refractivity contribution in [2.75, 3.05) is 33.3 Å². The molecule has 4 nitrogen and oxygen atoms in total. The van der Waals surface area contributed by atoms with E-state index in [0.717, 1.165) is 49.2 Å². The molecule has 4 aliphatic rings. The Morgan fingerprint density at radius 3 is 2.50 bits per heavy atom. The van der Waals surface area contributed by atoms with Gasteiger partial charge in [0.15, 0.2) is 0 Å². The normalized spacial score (nSPS) is 40.2. The van der Waals surface area contributed by atoms with Crippen molar-refractivity contribution in [3.05, 3.63) is 28.2 Å². The fraction of sp³-hybridized carbons (Fsp3) is 0.632. The molecule has 1 aromatic carbocycles. The highest BCUT2D eigenvalue weighted by molar-refractivity contribution is 9.10. The molecule has 0 saturated carbocycles. The number of halogens is 1. The predicted octanol–water partition coefficient (Wildman–Crippen LogP) is 3.46. The highest BCUT2D eigenvalue weighted by Gasteiger charge is 2.63. The van der Waals surface area contributed by atoms with Gasteiger partial charge in [0, 0.05) is 36.2 Å². The quantitative estimate of drug-likeness (QED) is 0.785. The molecule has 0 N–H and O–H groups in total. The van der Waals surface area contributed by atoms with Crippen LogP contribution >= 0.6 is 15.9 Å². The number of ketones is 1. The Morgan fingerprint density at radius 2 is 1.92 bits per heavy atom. The van der Waals surface area contributed by atoms with E-state index in [1.165, 1.54) is 5.56 Å². The third-order valence-electron chi connectivity index (χ3n) is 6.04. The lowest BCUT2D eigenvalue weighted by molar-refractivity contribution is -0.201. The first-order valence-corrected chi connectivity index (χ1v) is 9.58. The van der Waals surface area contributed by atoms with Crippen molar-refractivity contribution in [2.45, 2.75) is 32.9 Å². The summed E-state index contributed by atoms with van der Waals surface area (Å²) in [7, 11) is 1.73. The number of carbonyl (C=O) groups is 1. The number of Topliss-reactive ketones (excluding diaryl/α,β-unsaturated/α-hetero) is 1. The van der Waals surface area contributed by atoms with Gasteiger partial charge in [-0.25, -0.2) is 0 Å². The molecule has 4 heterocycles. The second kappa shape index (κ2) is 5.55. The fourth-order valence-corrected chi connectivity index (χ4v) is 5.82. The van der Waals surface area contributed by atoms with Gasteiger partial charge in [-0.05, 0) is 24.6 Å². The number of hydrogen-bond donors (Lipinski definition) is 0. The Kier molecular flexibility index (Phi) is 3.83. The molecule has 4 saturated heterocycles. The summed E-state index contributed by atoms with van der Waals surface area (Å²) < 4.78 is 6.70. The van der Waals surface area contributed by atoms with Crippen LogP contribution in [-0.4, -0.2) is 48.9 Å². The molecule has 2 atom stereocenters. The molecule has 0 aromatic heterocycles. The van der Waals surface area contributed by atoms with E-state index in [9.17, 15) is 4.79 Å². The van der Waals surface area contributed by atoms with Crippen LogP contribution in [0.3, 0.4) is 0 Å². The summed E-state index contributed by atoms with van der Waals surface area (Å²) in [5.74, 6) is 1.43. The average Bonchev–Trinajstić information content (AvgIpc) is 2.52. The van der Waals surface area contributed by atoms with E-state index >= 15 is 0 Å². The molecule has 0 aliphatic carbocycles. The minimum Gasteiger partial charge on any atom is -0.496 e. The first kappa shape index (κ1) is 16.6. The van der Waals surface area contributed by atoms with Gasteiger partial charge in [0.1, 0.15) is 11.5 Å². The molecular weight excluding hydrogens is 368 g/mol. The first-order valence-electron chi connectivity index (χ1n) is 8.79. The van der Waals surface area contributed by atoms with E-state index in [1.807, 2.05) is 12.1 Å². The second-order valence-electron chi connectivity index (χ2n) is 7.99. The average molecular weight is 393 g/mol. The maximum Gasteiger partial charge on any atom is 0.150 e. The van der Waals surface area contributed by atoms with Crippen molar-refractivity contribution in [2.24, 2.45) is 10.8 Å². The van der Waals surface area contributed by atoms with Gasteiger partial charge in [-0.2, -0.15) is 0 Å². The molecule has 0 amide bonds. The monoisotopic (exact) mass is 392 g/mol. The largest absolute Gasteiger partial charge is 0.496 e. The van der Waals surface area contributed by atoms with E-state index in [0.29, 0.717) is 5.78 Å². The van der Waals surface area contributed by atoms with E-state index in [4.69, 9.17) is 4.74 Å². The number of hydrogen-bond acceptors (Lipinski definition) is 4. The maximum atomic E-state index is 13.1. The molecule has 0 spiro atoms. The van der Waals surface area contributed by atoms with Gasteiger partial charge >= 0.3 is 0 Å². The topological polar surface area (TPSA) is 32.8 Å². The first-order chi connectivity index (χ1) is 11.4. The van der Waals surface area contributed by atoms with Crippen LogP contribution in [-0.2, 0) is 4.79 Å². The van der Waals surface area contributed by atoms with Crippen LogP contribution in [0.2, 0.25) is 0 Å². The number of rotatable bonds is 4. The molecule has 0 radical (unpaired) electrons. The second-order valence-corrected chi connectivity index (χ2v) is 8.91. The van der Waals surface area contributed by atoms with Crippen molar-refractivity contribution in [3.63, 3.8) is 0 Å². The standard InChI is InChI=1S/C19H25BrN2O2/c1-4-7-19-11-21-9-18(2,17(19)23)10-22(12-19)16(21)14-8-13(20)5-6-15(14)24-3/h5-6,8,16H,4,7,9-12H2,1-3H3. The molecule has 1 aromatic rings. The Labute approximate surface area is 152 Å². The van der Waals surface area contributed by atoms with Crippen LogP contribution in [0, 0.1) is 10.8 Å². The molecular formula is C19H25BrN2O2. The van der Waals surface area contributed by atoms with Crippen molar-refractivity contribution in [1.82, 2.24) is 9.80 Å². The van der Waals surface area contributed by atoms with Gasteiger partial charge < -0.3 is 4.74 Å². The lowest BCUT2D eigenvalue weighted by atomic mass is 9.59. The third kappa shape index (κ3) is 2.21. The third-order valence-corrected chi connectivity index (χ3v) is 6.53. The Morgan fingerprint density at radius 1 is 1.25 bits per heavy atom. The highest BCUT2D eigenvalue weighted by Crippen LogP contribution is 2.54. The lowest BCUT2D eigenvalue weighted by Gasteiger charge is -2.65. The molecule has 4 fully saturated rings. The van der Waals surface area contributed by atoms with Gasteiger partial charge in [0.25, 0.3) is 0 Å². The van der Waals surface area contributed by atoms with E-state index < -0.39 is 0 Å². The summed E-state index contributed by atoms with van der Waals surface area (Å²) in [6, 6.07) is 6.22. The van der Waals surface area contributed by atoms with E-state index in [-0.39, 0.29) is 17.0 Å². The molecule has 5 heteroatoms. The summed E-state index contributed by atoms with van der Waals surface area (Å²) in [5, 5.41) is 0. The summed E-state index contributed by atoms with van der Waals surface area (Å²) in [4.78, 5) is 18.2. The minimum atomic E-state index is -0.221. The summed E-state index contributed by atoms with van der Waals surface area (Å²) in [5.41, 5.74) is 0.810. The SMILES string of the molecule is CCCC12CN3CC(C)(CN(C1)C3c1cc(Br)ccc1OC)C2=O. The molecule has 24 heavy (non-hydrogen) atoms. The van der Waals surface area contributed by atoms with Gasteiger partial charge in [-0.3, -0.25) is 14.6 Å². The minimum absolute atomic E-state index is 0.171. The van der Waals surface area contributed by atoms with Crippen molar-refractivity contribution in [1.29, 1.82) is 0 Å². The van der Waals surface area contributed by atoms with Crippen LogP contribution < -0.4 is 4.74 Å². The Bertz CT molecular complexity index is 674. The zero-order valence-corrected chi connectivity index (χ0v) is 16.2. The molecule has 5 rings (SSSR count). The molecule has 4 aliphatic heterocycles. The summed E-state index contributed by atoms with van der Waals surface area (Å²) in [6.07, 6.45) is 2.27. The number of methoxy groups -OCH3 is 1. The Balaban J connectivity index is 1.76. The smallest absolute Gasteiger partial charge is 0.150 e. The number of benzene rings is 1. The van der Waals surface area contributed by atoms with E-state index in [2.05, 4.69) is 45.6 Å². The van der Waals surface area contributed by atoms with Crippen LogP contribution in [0.25, 0.3) is 0 Å². The maximum absolute atomic E-state index is 13.1. The van der Waals surface area contributed by atoms with Gasteiger partial charge in [-0.1, -0.05) is 36.2 Å². The van der Waals surface area contributed by atoms with Crippen LogP contribution in [0.15, 0.2) is 22.7 Å². The zero-order valence-electron chi connectivity index (χ0n) is 14.6. The van der Waals surface area contributed by atoms with Crippen LogP contribution in [0.4, 0.5) is 0 Å². The van der Waals surface area contributed by atoms with Crippen LogP contribution in [0.5, 0.6) is 5.75 Å². The van der Waals surface area contributed by atoms with Crippen molar-refractivity contribution < 1.29 is 9.53 Å². The summed E-state index contributed by atoms with van der Waals surface area (Å²) >= 11 is 3.60. The summed E-state index contributed by atoms with van der Waals surface area (Å²) in [6.45, 7) is 7.82. The van der Waals surface area contributed by atoms with Crippen LogP contribution in [0.1, 0.15) is 38.4 Å². The molecule has 130 valence electrons. The van der Waals surface area contributed by atoms with Crippen molar-refractivity contribution in [3.8, 4) is 5.75 Å². The number of ether oxygens (including phenoxy) is 1. The van der Waals surface area contributed by atoms with Gasteiger partial charge in [-0.15, -0.1) is 0 Å². The fourth-order valence-electron chi connectivity index (χ4n) is 5.44. The highest BCUT2D eigenvalue weighted by atomic mass is 79.9. The molecule has 4 bridgehead atoms. The number of nitrogens with zero attached hydrogens (tertiary/aromatic N) is 2. The lowest BCUT2D eigenvalue weighted by Crippen LogP contribution is -2.76. The molecule has 2 unspecified atom stereocenters. The zero-order chi connectivity index (χ0) is 17.1. The number of carbonyl (C=O) groups excluding carboxylic acids is 1. The van der Waals surface area contributed by atoms with Crippen molar-refractivity contribution >= 4 is 21.7 Å².